The van der Waals surface area contributed by atoms with Crippen LogP contribution in [-0.2, 0) is 13.0 Å². The molecule has 0 N–H and O–H groups in total. The van der Waals surface area contributed by atoms with Crippen LogP contribution in [0.25, 0.3) is 5.65 Å². The summed E-state index contributed by atoms with van der Waals surface area (Å²) in [5.74, 6) is -0.276. The molecule has 1 radical (unpaired) electrons. The molecule has 4 rings (SSSR count). The van der Waals surface area contributed by atoms with Gasteiger partial charge >= 0.3 is 0 Å². The zero-order valence-electron chi connectivity index (χ0n) is 18.3. The first-order chi connectivity index (χ1) is 14.4. The highest BCUT2D eigenvalue weighted by Crippen LogP contribution is 2.34. The van der Waals surface area contributed by atoms with Crippen LogP contribution in [-0.4, -0.2) is 25.8 Å². The lowest BCUT2D eigenvalue weighted by molar-refractivity contribution is 0.161. The quantitative estimate of drug-likeness (QED) is 0.368. The minimum absolute atomic E-state index is 0.239. The lowest BCUT2D eigenvalue weighted by Crippen LogP contribution is -2.33. The van der Waals surface area contributed by atoms with Gasteiger partial charge in [0.1, 0.15) is 5.65 Å². The minimum atomic E-state index is -0.276. The van der Waals surface area contributed by atoms with Crippen molar-refractivity contribution in [2.75, 3.05) is 6.54 Å². The number of nitrogens with zero attached hydrogens (tertiary/aromatic N) is 4. The molecule has 0 aromatic carbocycles. The van der Waals surface area contributed by atoms with Gasteiger partial charge in [-0.3, -0.25) is 14.3 Å². The van der Waals surface area contributed by atoms with Gasteiger partial charge in [-0.15, -0.1) is 0 Å². The number of halogens is 1. The van der Waals surface area contributed by atoms with Gasteiger partial charge in [-0.05, 0) is 74.2 Å². The number of aromatic nitrogens is 3. The fourth-order valence-corrected chi connectivity index (χ4v) is 4.43. The molecule has 3 heterocycles. The van der Waals surface area contributed by atoms with E-state index in [1.54, 1.807) is 6.07 Å². The number of hydrogen-bond acceptors (Lipinski definition) is 3. The molecular weight excluding hydrogens is 375 g/mol. The summed E-state index contributed by atoms with van der Waals surface area (Å²) in [7, 11) is 0. The van der Waals surface area contributed by atoms with Crippen LogP contribution in [0.5, 0.6) is 0 Å². The summed E-state index contributed by atoms with van der Waals surface area (Å²) >= 11 is 0. The van der Waals surface area contributed by atoms with Crippen LogP contribution < -0.4 is 0 Å². The second kappa shape index (κ2) is 8.84. The van der Waals surface area contributed by atoms with Gasteiger partial charge in [0.15, 0.2) is 5.95 Å². The molecule has 30 heavy (non-hydrogen) atoms. The fourth-order valence-electron chi connectivity index (χ4n) is 4.43. The molecule has 0 saturated carbocycles. The minimum Gasteiger partial charge on any atom is -0.289 e. The number of fused-ring (bicyclic) bond motifs is 2. The van der Waals surface area contributed by atoms with Crippen molar-refractivity contribution < 1.29 is 4.39 Å². The summed E-state index contributed by atoms with van der Waals surface area (Å²) in [5, 5.41) is 0. The predicted octanol–water partition coefficient (Wildman–Crippen LogP) is 5.78. The average molecular weight is 408 g/mol. The van der Waals surface area contributed by atoms with Crippen molar-refractivity contribution >= 4 is 5.65 Å². The number of aryl methyl sites for hydroxylation is 1. The molecule has 3 aromatic rings. The largest absolute Gasteiger partial charge is 0.289 e. The number of hydrogen-bond donors (Lipinski definition) is 0. The number of pyridine rings is 2. The van der Waals surface area contributed by atoms with Crippen LogP contribution in [0, 0.1) is 17.8 Å². The Hall–Kier alpha value is -2.27. The van der Waals surface area contributed by atoms with Crippen LogP contribution >= 0.6 is 0 Å². The van der Waals surface area contributed by atoms with Gasteiger partial charge in [-0.2, -0.15) is 4.39 Å². The first kappa shape index (κ1) is 21.0. The summed E-state index contributed by atoms with van der Waals surface area (Å²) in [5.41, 5.74) is 4.37. The van der Waals surface area contributed by atoms with Gasteiger partial charge in [0.25, 0.3) is 0 Å². The van der Waals surface area contributed by atoms with Crippen molar-refractivity contribution in [1.82, 2.24) is 19.3 Å². The fraction of sp³-hybridized carbons (Fsp3) is 0.480. The van der Waals surface area contributed by atoms with Crippen molar-refractivity contribution in [2.45, 2.75) is 65.5 Å². The van der Waals surface area contributed by atoms with Crippen LogP contribution in [0.15, 0.2) is 42.7 Å². The Morgan fingerprint density at radius 1 is 1.23 bits per heavy atom. The van der Waals surface area contributed by atoms with Crippen molar-refractivity contribution in [1.29, 1.82) is 0 Å². The molecule has 0 spiro atoms. The highest BCUT2D eigenvalue weighted by atomic mass is 19.1. The van der Waals surface area contributed by atoms with Gasteiger partial charge in [0, 0.05) is 18.9 Å². The average Bonchev–Trinajstić information content (AvgIpc) is 3.13. The lowest BCUT2D eigenvalue weighted by Gasteiger charge is -2.35. The molecule has 0 fully saturated rings. The Labute approximate surface area is 179 Å². The maximum absolute atomic E-state index is 14.1. The maximum Gasteiger partial charge on any atom is 0.199 e. The second-order valence-electron chi connectivity index (χ2n) is 9.45. The van der Waals surface area contributed by atoms with Crippen molar-refractivity contribution in [3.05, 3.63) is 72.0 Å². The molecule has 0 amide bonds. The Morgan fingerprint density at radius 3 is 2.90 bits per heavy atom. The van der Waals surface area contributed by atoms with E-state index >= 15 is 0 Å². The van der Waals surface area contributed by atoms with Crippen LogP contribution in [0.3, 0.4) is 0 Å². The van der Waals surface area contributed by atoms with Crippen molar-refractivity contribution in [3.8, 4) is 0 Å². The standard InChI is InChI=1S/C25H32FN4/c1-25(2,3)14-4-5-16-29(21-11-6-9-19-10-8-15-27-24(19)21)17-20-18-30-22(26)12-7-13-23(30)28-20/h7-8,10,12-15,18,21H,4-6,9,11,16-17H2,1-3H3. The Kier molecular flexibility index (Phi) is 6.19. The molecule has 159 valence electrons. The zero-order chi connectivity index (χ0) is 21.1. The van der Waals surface area contributed by atoms with E-state index in [4.69, 9.17) is 4.98 Å². The molecule has 1 aliphatic carbocycles. The second-order valence-corrected chi connectivity index (χ2v) is 9.45. The Bertz CT molecular complexity index is 988. The van der Waals surface area contributed by atoms with Gasteiger partial charge in [-0.25, -0.2) is 4.98 Å². The SMILES string of the molecule is CC(C)(C)[CH]CCCN(Cc1cn2c(F)cccc2n1)C1CCCc2cccnc21. The van der Waals surface area contributed by atoms with E-state index in [1.165, 1.54) is 28.1 Å². The third kappa shape index (κ3) is 4.89. The molecule has 1 atom stereocenters. The number of rotatable bonds is 7. The van der Waals surface area contributed by atoms with Crippen LogP contribution in [0.2, 0.25) is 0 Å². The predicted molar refractivity (Wildman–Crippen MR) is 118 cm³/mol. The molecule has 4 nitrogen and oxygen atoms in total. The van der Waals surface area contributed by atoms with Crippen LogP contribution in [0.1, 0.15) is 69.4 Å². The normalized spacial score (nSPS) is 16.9. The lowest BCUT2D eigenvalue weighted by atomic mass is 9.89. The van der Waals surface area contributed by atoms with E-state index in [-0.39, 0.29) is 11.4 Å². The number of imidazole rings is 1. The molecule has 1 aliphatic rings. The topological polar surface area (TPSA) is 33.4 Å². The summed E-state index contributed by atoms with van der Waals surface area (Å²) in [6.45, 7) is 8.42. The van der Waals surface area contributed by atoms with E-state index in [0.717, 1.165) is 37.9 Å². The Balaban J connectivity index is 1.56. The first-order valence-electron chi connectivity index (χ1n) is 11.1. The Morgan fingerprint density at radius 2 is 2.10 bits per heavy atom. The van der Waals surface area contributed by atoms with Gasteiger partial charge in [0.05, 0.1) is 17.4 Å². The molecular formula is C25H32FN4. The third-order valence-corrected chi connectivity index (χ3v) is 5.87. The van der Waals surface area contributed by atoms with Crippen molar-refractivity contribution in [3.63, 3.8) is 0 Å². The summed E-state index contributed by atoms with van der Waals surface area (Å²) < 4.78 is 15.7. The van der Waals surface area contributed by atoms with Gasteiger partial charge in [-0.1, -0.05) is 32.9 Å². The molecule has 0 bridgehead atoms. The monoisotopic (exact) mass is 407 g/mol. The van der Waals surface area contributed by atoms with Gasteiger partial charge in [0.2, 0.25) is 0 Å². The molecule has 1 unspecified atom stereocenters. The van der Waals surface area contributed by atoms with E-state index in [0.29, 0.717) is 18.2 Å². The van der Waals surface area contributed by atoms with Crippen LogP contribution in [0.4, 0.5) is 4.39 Å². The first-order valence-corrected chi connectivity index (χ1v) is 11.1. The highest BCUT2D eigenvalue weighted by Gasteiger charge is 2.27. The number of unbranched alkanes of at least 4 members (excludes halogenated alkanes) is 1. The highest BCUT2D eigenvalue weighted by molar-refractivity contribution is 5.39. The summed E-state index contributed by atoms with van der Waals surface area (Å²) in [6, 6.07) is 9.57. The third-order valence-electron chi connectivity index (χ3n) is 5.87. The van der Waals surface area contributed by atoms with E-state index in [2.05, 4.69) is 43.1 Å². The van der Waals surface area contributed by atoms with Gasteiger partial charge < -0.3 is 0 Å². The molecule has 3 aromatic heterocycles. The van der Waals surface area contributed by atoms with E-state index < -0.39 is 0 Å². The van der Waals surface area contributed by atoms with E-state index in [1.807, 2.05) is 24.5 Å². The summed E-state index contributed by atoms with van der Waals surface area (Å²) in [6.07, 6.45) is 11.7. The molecule has 0 aliphatic heterocycles. The molecule has 0 saturated heterocycles. The summed E-state index contributed by atoms with van der Waals surface area (Å²) in [4.78, 5) is 11.9. The van der Waals surface area contributed by atoms with E-state index in [9.17, 15) is 4.39 Å². The smallest absolute Gasteiger partial charge is 0.199 e. The van der Waals surface area contributed by atoms with Crippen molar-refractivity contribution in [2.24, 2.45) is 5.41 Å². The molecule has 5 heteroatoms. The zero-order valence-corrected chi connectivity index (χ0v) is 18.3. The maximum atomic E-state index is 14.1.